The van der Waals surface area contributed by atoms with Crippen LogP contribution in [0.4, 0.5) is 0 Å². The summed E-state index contributed by atoms with van der Waals surface area (Å²) < 4.78 is 23.4. The molecule has 1 saturated heterocycles. The third-order valence-electron chi connectivity index (χ3n) is 4.27. The van der Waals surface area contributed by atoms with E-state index in [-0.39, 0.29) is 17.7 Å². The minimum Gasteiger partial charge on any atom is -0.337 e. The molecule has 0 radical (unpaired) electrons. The van der Waals surface area contributed by atoms with Gasteiger partial charge in [-0.1, -0.05) is 0 Å². The number of carbonyl (C=O) groups excluding carboxylic acids is 1. The molecule has 0 aliphatic carbocycles. The second kappa shape index (κ2) is 6.06. The quantitative estimate of drug-likeness (QED) is 0.888. The smallest absolute Gasteiger partial charge is 0.236 e. The summed E-state index contributed by atoms with van der Waals surface area (Å²) in [7, 11) is -2.93. The fourth-order valence-corrected chi connectivity index (χ4v) is 5.69. The van der Waals surface area contributed by atoms with Gasteiger partial charge in [0.25, 0.3) is 0 Å². The number of thiophene rings is 1. The van der Waals surface area contributed by atoms with Gasteiger partial charge in [0.1, 0.15) is 0 Å². The van der Waals surface area contributed by atoms with E-state index in [2.05, 4.69) is 16.8 Å². The van der Waals surface area contributed by atoms with Gasteiger partial charge < -0.3 is 10.2 Å². The monoisotopic (exact) mass is 328 g/mol. The molecule has 1 atom stereocenters. The standard InChI is InChI=1S/C14H20N2O3S2/c17-14(9-15-8-12-2-1-7-21(12,18)19)16-5-3-13-11(10-16)4-6-20-13/h4,6,12,15H,1-3,5,7-10H2. The molecule has 0 bridgehead atoms. The maximum atomic E-state index is 12.2. The number of carbonyl (C=O) groups is 1. The van der Waals surface area contributed by atoms with Gasteiger partial charge in [0.05, 0.1) is 17.5 Å². The molecule has 5 nitrogen and oxygen atoms in total. The van der Waals surface area contributed by atoms with Gasteiger partial charge in [0.15, 0.2) is 9.84 Å². The van der Waals surface area contributed by atoms with Crippen LogP contribution < -0.4 is 5.32 Å². The SMILES string of the molecule is O=C(CNCC1CCCS1(=O)=O)N1CCc2sccc2C1. The molecule has 1 aromatic heterocycles. The highest BCUT2D eigenvalue weighted by Crippen LogP contribution is 2.24. The molecular formula is C14H20N2O3S2. The number of nitrogens with zero attached hydrogens (tertiary/aromatic N) is 1. The van der Waals surface area contributed by atoms with Crippen LogP contribution >= 0.6 is 11.3 Å². The van der Waals surface area contributed by atoms with Crippen LogP contribution in [-0.2, 0) is 27.6 Å². The molecular weight excluding hydrogens is 308 g/mol. The summed E-state index contributed by atoms with van der Waals surface area (Å²) >= 11 is 1.75. The van der Waals surface area contributed by atoms with Crippen molar-refractivity contribution < 1.29 is 13.2 Å². The topological polar surface area (TPSA) is 66.5 Å². The van der Waals surface area contributed by atoms with Gasteiger partial charge in [0, 0.05) is 24.5 Å². The Balaban J connectivity index is 1.47. The van der Waals surface area contributed by atoms with E-state index in [1.807, 2.05) is 4.90 Å². The van der Waals surface area contributed by atoms with Gasteiger partial charge in [-0.2, -0.15) is 0 Å². The van der Waals surface area contributed by atoms with Crippen molar-refractivity contribution in [3.8, 4) is 0 Å². The van der Waals surface area contributed by atoms with E-state index in [1.54, 1.807) is 11.3 Å². The summed E-state index contributed by atoms with van der Waals surface area (Å²) in [4.78, 5) is 15.4. The van der Waals surface area contributed by atoms with E-state index in [1.165, 1.54) is 10.4 Å². The van der Waals surface area contributed by atoms with Crippen LogP contribution in [0, 0.1) is 0 Å². The lowest BCUT2D eigenvalue weighted by Gasteiger charge is -2.27. The number of fused-ring (bicyclic) bond motifs is 1. The van der Waals surface area contributed by atoms with Crippen molar-refractivity contribution in [2.24, 2.45) is 0 Å². The first kappa shape index (κ1) is 15.0. The van der Waals surface area contributed by atoms with E-state index >= 15 is 0 Å². The first-order chi connectivity index (χ1) is 10.1. The highest BCUT2D eigenvalue weighted by molar-refractivity contribution is 7.92. The summed E-state index contributed by atoms with van der Waals surface area (Å²) in [5, 5.41) is 4.79. The van der Waals surface area contributed by atoms with Crippen LogP contribution in [0.1, 0.15) is 23.3 Å². The van der Waals surface area contributed by atoms with Crippen molar-refractivity contribution in [1.82, 2.24) is 10.2 Å². The average molecular weight is 328 g/mol. The maximum Gasteiger partial charge on any atom is 0.236 e. The Hall–Kier alpha value is -0.920. The van der Waals surface area contributed by atoms with Gasteiger partial charge in [-0.25, -0.2) is 8.42 Å². The zero-order chi connectivity index (χ0) is 14.9. The van der Waals surface area contributed by atoms with Crippen molar-refractivity contribution in [3.63, 3.8) is 0 Å². The third kappa shape index (κ3) is 3.30. The van der Waals surface area contributed by atoms with E-state index in [9.17, 15) is 13.2 Å². The Morgan fingerprint density at radius 3 is 3.10 bits per heavy atom. The second-order valence-corrected chi connectivity index (χ2v) is 9.10. The number of amides is 1. The third-order valence-corrected chi connectivity index (χ3v) is 7.57. The molecule has 3 heterocycles. The summed E-state index contributed by atoms with van der Waals surface area (Å²) in [5.74, 6) is 0.350. The molecule has 1 N–H and O–H groups in total. The molecule has 2 aliphatic heterocycles. The van der Waals surface area contributed by atoms with E-state index in [4.69, 9.17) is 0 Å². The van der Waals surface area contributed by atoms with Crippen molar-refractivity contribution in [1.29, 1.82) is 0 Å². The highest BCUT2D eigenvalue weighted by atomic mass is 32.2. The fraction of sp³-hybridized carbons (Fsp3) is 0.643. The molecule has 0 aromatic carbocycles. The molecule has 0 spiro atoms. The number of hydrogen-bond donors (Lipinski definition) is 1. The zero-order valence-electron chi connectivity index (χ0n) is 11.9. The number of hydrogen-bond acceptors (Lipinski definition) is 5. The molecule has 3 rings (SSSR count). The van der Waals surface area contributed by atoms with Gasteiger partial charge in [0.2, 0.25) is 5.91 Å². The molecule has 2 aliphatic rings. The minimum atomic E-state index is -2.93. The summed E-state index contributed by atoms with van der Waals surface area (Å²) in [6.07, 6.45) is 2.39. The molecule has 0 saturated carbocycles. The molecule has 1 fully saturated rings. The van der Waals surface area contributed by atoms with Gasteiger partial charge >= 0.3 is 0 Å². The normalized spacial score (nSPS) is 24.0. The highest BCUT2D eigenvalue weighted by Gasteiger charge is 2.31. The average Bonchev–Trinajstić information content (AvgIpc) is 3.04. The molecule has 1 amide bonds. The Labute approximate surface area is 129 Å². The molecule has 21 heavy (non-hydrogen) atoms. The number of rotatable bonds is 4. The number of nitrogens with one attached hydrogen (secondary N) is 1. The minimum absolute atomic E-state index is 0.0576. The van der Waals surface area contributed by atoms with Crippen LogP contribution in [-0.4, -0.2) is 49.9 Å². The Bertz CT molecular complexity index is 624. The maximum absolute atomic E-state index is 12.2. The van der Waals surface area contributed by atoms with Crippen molar-refractivity contribution in [2.75, 3.05) is 25.4 Å². The van der Waals surface area contributed by atoms with E-state index in [0.717, 1.165) is 19.4 Å². The molecule has 7 heteroatoms. The largest absolute Gasteiger partial charge is 0.337 e. The summed E-state index contributed by atoms with van der Waals surface area (Å²) in [6.45, 7) is 2.06. The van der Waals surface area contributed by atoms with Crippen molar-refractivity contribution >= 4 is 27.1 Å². The lowest BCUT2D eigenvalue weighted by atomic mass is 10.1. The van der Waals surface area contributed by atoms with E-state index in [0.29, 0.717) is 25.3 Å². The predicted octanol–water partition coefficient (Wildman–Crippen LogP) is 0.800. The van der Waals surface area contributed by atoms with Gasteiger partial charge in [-0.05, 0) is 36.3 Å². The summed E-state index contributed by atoms with van der Waals surface area (Å²) in [6, 6.07) is 2.08. The lowest BCUT2D eigenvalue weighted by molar-refractivity contribution is -0.131. The second-order valence-electron chi connectivity index (χ2n) is 5.70. The Kier molecular flexibility index (Phi) is 4.33. The summed E-state index contributed by atoms with van der Waals surface area (Å²) in [5.41, 5.74) is 1.25. The van der Waals surface area contributed by atoms with E-state index < -0.39 is 9.84 Å². The van der Waals surface area contributed by atoms with Gasteiger partial charge in [-0.3, -0.25) is 4.79 Å². The van der Waals surface area contributed by atoms with Crippen LogP contribution in [0.15, 0.2) is 11.4 Å². The van der Waals surface area contributed by atoms with Crippen LogP contribution in [0.25, 0.3) is 0 Å². The van der Waals surface area contributed by atoms with Crippen molar-refractivity contribution in [2.45, 2.75) is 31.1 Å². The Morgan fingerprint density at radius 1 is 1.48 bits per heavy atom. The molecule has 1 aromatic rings. The zero-order valence-corrected chi connectivity index (χ0v) is 13.5. The molecule has 1 unspecified atom stereocenters. The fourth-order valence-electron chi connectivity index (χ4n) is 3.00. The predicted molar refractivity (Wildman–Crippen MR) is 83.1 cm³/mol. The van der Waals surface area contributed by atoms with Crippen LogP contribution in [0.3, 0.4) is 0 Å². The first-order valence-electron chi connectivity index (χ1n) is 7.31. The molecule has 116 valence electrons. The lowest BCUT2D eigenvalue weighted by Crippen LogP contribution is -2.42. The van der Waals surface area contributed by atoms with Crippen molar-refractivity contribution in [3.05, 3.63) is 21.9 Å². The number of sulfone groups is 1. The first-order valence-corrected chi connectivity index (χ1v) is 9.91. The Morgan fingerprint density at radius 2 is 2.33 bits per heavy atom. The van der Waals surface area contributed by atoms with Gasteiger partial charge in [-0.15, -0.1) is 11.3 Å². The van der Waals surface area contributed by atoms with Crippen LogP contribution in [0.5, 0.6) is 0 Å². The van der Waals surface area contributed by atoms with Crippen LogP contribution in [0.2, 0.25) is 0 Å².